The average Bonchev–Trinajstić information content (AvgIpc) is 2.76. The van der Waals surface area contributed by atoms with Gasteiger partial charge in [0.15, 0.2) is 5.82 Å². The minimum Gasteiger partial charge on any atom is -0.480 e. The van der Waals surface area contributed by atoms with Crippen molar-refractivity contribution in [1.29, 1.82) is 0 Å². The third-order valence-corrected chi connectivity index (χ3v) is 2.87. The number of fused-ring (bicyclic) bond motifs is 1. The van der Waals surface area contributed by atoms with Gasteiger partial charge in [0.1, 0.15) is 18.3 Å². The smallest absolute Gasteiger partial charge is 0.416 e. The summed E-state index contributed by atoms with van der Waals surface area (Å²) in [6.07, 6.45) is 1.42. The predicted octanol–water partition coefficient (Wildman–Crippen LogP) is 0.343. The molecular formula is C11H14N4O4. The lowest BCUT2D eigenvalue weighted by Crippen LogP contribution is -2.49. The highest BCUT2D eigenvalue weighted by atomic mass is 16.6. The Hall–Kier alpha value is -2.38. The number of aryl methyl sites for hydroxylation is 2. The van der Waals surface area contributed by atoms with Crippen LogP contribution in [-0.2, 0) is 23.0 Å². The standard InChI is InChI=1S/C11H14N4O4/c1-3-6-19-11(18)15-8(10(16)17)5-4-7-9(15)14(2)13-12-7/h3,8H,1,4-6H2,2H3,(H,16,17). The van der Waals surface area contributed by atoms with E-state index in [0.717, 1.165) is 4.90 Å². The van der Waals surface area contributed by atoms with Gasteiger partial charge in [-0.1, -0.05) is 17.9 Å². The fourth-order valence-electron chi connectivity index (χ4n) is 2.05. The summed E-state index contributed by atoms with van der Waals surface area (Å²) in [5.74, 6) is -0.713. The topological polar surface area (TPSA) is 97.5 Å². The maximum Gasteiger partial charge on any atom is 0.416 e. The molecule has 0 aliphatic carbocycles. The Bertz CT molecular complexity index is 525. The SMILES string of the molecule is C=CCOC(=O)N1c2c(nnn2C)CCC1C(=O)O. The third-order valence-electron chi connectivity index (χ3n) is 2.87. The number of carbonyl (C=O) groups is 2. The number of carbonyl (C=O) groups excluding carboxylic acids is 1. The van der Waals surface area contributed by atoms with E-state index >= 15 is 0 Å². The van der Waals surface area contributed by atoms with E-state index in [1.165, 1.54) is 10.8 Å². The van der Waals surface area contributed by atoms with Crippen molar-refractivity contribution >= 4 is 17.9 Å². The number of hydrogen-bond donors (Lipinski definition) is 1. The van der Waals surface area contributed by atoms with E-state index in [2.05, 4.69) is 16.9 Å². The van der Waals surface area contributed by atoms with E-state index in [0.29, 0.717) is 17.9 Å². The van der Waals surface area contributed by atoms with E-state index < -0.39 is 18.1 Å². The van der Waals surface area contributed by atoms with E-state index in [4.69, 9.17) is 4.74 Å². The molecule has 0 aromatic carbocycles. The number of carboxylic acids is 1. The highest BCUT2D eigenvalue weighted by molar-refractivity contribution is 5.95. The first-order valence-electron chi connectivity index (χ1n) is 5.74. The molecule has 0 saturated carbocycles. The van der Waals surface area contributed by atoms with Crippen LogP contribution in [0.3, 0.4) is 0 Å². The first-order chi connectivity index (χ1) is 9.06. The summed E-state index contributed by atoms with van der Waals surface area (Å²) in [4.78, 5) is 24.4. The second-order valence-corrected chi connectivity index (χ2v) is 4.11. The molecule has 0 bridgehead atoms. The number of nitrogens with zero attached hydrogens (tertiary/aromatic N) is 4. The van der Waals surface area contributed by atoms with Crippen LogP contribution in [0, 0.1) is 0 Å². The Morgan fingerprint density at radius 3 is 3.00 bits per heavy atom. The summed E-state index contributed by atoms with van der Waals surface area (Å²) in [5.41, 5.74) is 0.593. The second-order valence-electron chi connectivity index (χ2n) is 4.11. The number of carboxylic acid groups (broad SMARTS) is 1. The van der Waals surface area contributed by atoms with Crippen LogP contribution in [-0.4, -0.2) is 44.8 Å². The third kappa shape index (κ3) is 2.28. The van der Waals surface area contributed by atoms with Crippen molar-refractivity contribution in [2.24, 2.45) is 7.05 Å². The number of anilines is 1. The molecule has 1 unspecified atom stereocenters. The van der Waals surface area contributed by atoms with Gasteiger partial charge in [-0.15, -0.1) is 5.10 Å². The van der Waals surface area contributed by atoms with Gasteiger partial charge in [-0.25, -0.2) is 19.2 Å². The molecule has 2 rings (SSSR count). The Balaban J connectivity index is 2.37. The fourth-order valence-corrected chi connectivity index (χ4v) is 2.05. The van der Waals surface area contributed by atoms with E-state index in [9.17, 15) is 14.7 Å². The van der Waals surface area contributed by atoms with Crippen molar-refractivity contribution in [3.05, 3.63) is 18.3 Å². The number of ether oxygens (including phenoxy) is 1. The van der Waals surface area contributed by atoms with Gasteiger partial charge in [0, 0.05) is 7.05 Å². The van der Waals surface area contributed by atoms with Crippen molar-refractivity contribution < 1.29 is 19.4 Å². The minimum atomic E-state index is -1.08. The summed E-state index contributed by atoms with van der Waals surface area (Å²) >= 11 is 0. The van der Waals surface area contributed by atoms with Crippen LogP contribution in [0.1, 0.15) is 12.1 Å². The number of rotatable bonds is 3. The number of aliphatic carboxylic acids is 1. The van der Waals surface area contributed by atoms with Gasteiger partial charge in [0.2, 0.25) is 0 Å². The van der Waals surface area contributed by atoms with Crippen molar-refractivity contribution in [2.45, 2.75) is 18.9 Å². The molecule has 1 aromatic rings. The van der Waals surface area contributed by atoms with Crippen LogP contribution in [0.2, 0.25) is 0 Å². The molecule has 8 nitrogen and oxygen atoms in total. The van der Waals surface area contributed by atoms with Crippen molar-refractivity contribution in [3.8, 4) is 0 Å². The van der Waals surface area contributed by atoms with Gasteiger partial charge in [-0.05, 0) is 12.8 Å². The summed E-state index contributed by atoms with van der Waals surface area (Å²) in [5, 5.41) is 16.9. The molecular weight excluding hydrogens is 252 g/mol. The zero-order valence-electron chi connectivity index (χ0n) is 10.4. The molecule has 19 heavy (non-hydrogen) atoms. The van der Waals surface area contributed by atoms with Crippen LogP contribution in [0.25, 0.3) is 0 Å². The minimum absolute atomic E-state index is 0.0162. The van der Waals surface area contributed by atoms with Crippen molar-refractivity contribution in [1.82, 2.24) is 15.0 Å². The van der Waals surface area contributed by atoms with Gasteiger partial charge >= 0.3 is 12.1 Å². The lowest BCUT2D eigenvalue weighted by molar-refractivity contribution is -0.138. The molecule has 102 valence electrons. The molecule has 0 radical (unpaired) electrons. The molecule has 1 aromatic heterocycles. The van der Waals surface area contributed by atoms with Crippen LogP contribution in [0.15, 0.2) is 12.7 Å². The lowest BCUT2D eigenvalue weighted by Gasteiger charge is -2.31. The van der Waals surface area contributed by atoms with E-state index in [1.807, 2.05) is 0 Å². The lowest BCUT2D eigenvalue weighted by atomic mass is 10.0. The van der Waals surface area contributed by atoms with Crippen molar-refractivity contribution in [2.75, 3.05) is 11.5 Å². The monoisotopic (exact) mass is 266 g/mol. The zero-order valence-corrected chi connectivity index (χ0v) is 10.4. The molecule has 1 N–H and O–H groups in total. The zero-order chi connectivity index (χ0) is 14.0. The summed E-state index contributed by atoms with van der Waals surface area (Å²) in [6.45, 7) is 3.46. The van der Waals surface area contributed by atoms with Crippen LogP contribution in [0.5, 0.6) is 0 Å². The van der Waals surface area contributed by atoms with Crippen LogP contribution >= 0.6 is 0 Å². The van der Waals surface area contributed by atoms with Gasteiger partial charge in [-0.3, -0.25) is 0 Å². The molecule has 0 saturated heterocycles. The predicted molar refractivity (Wildman–Crippen MR) is 64.8 cm³/mol. The van der Waals surface area contributed by atoms with Crippen molar-refractivity contribution in [3.63, 3.8) is 0 Å². The van der Waals surface area contributed by atoms with Gasteiger partial charge < -0.3 is 9.84 Å². The summed E-state index contributed by atoms with van der Waals surface area (Å²) in [6, 6.07) is -0.970. The molecule has 8 heteroatoms. The Morgan fingerprint density at radius 1 is 1.63 bits per heavy atom. The maximum atomic E-state index is 12.0. The largest absolute Gasteiger partial charge is 0.480 e. The summed E-state index contributed by atoms with van der Waals surface area (Å²) < 4.78 is 6.30. The molecule has 1 aliphatic heterocycles. The molecule has 0 spiro atoms. The fraction of sp³-hybridized carbons (Fsp3) is 0.455. The number of hydrogen-bond acceptors (Lipinski definition) is 5. The van der Waals surface area contributed by atoms with E-state index in [1.54, 1.807) is 7.05 Å². The highest BCUT2D eigenvalue weighted by Gasteiger charge is 2.39. The molecule has 1 atom stereocenters. The highest BCUT2D eigenvalue weighted by Crippen LogP contribution is 2.29. The first kappa shape index (κ1) is 13.1. The Kier molecular flexibility index (Phi) is 3.50. The molecule has 1 aliphatic rings. The Labute approximate surface area is 109 Å². The quantitative estimate of drug-likeness (QED) is 0.792. The van der Waals surface area contributed by atoms with Crippen LogP contribution in [0.4, 0.5) is 10.6 Å². The molecule has 2 heterocycles. The average molecular weight is 266 g/mol. The van der Waals surface area contributed by atoms with Crippen LogP contribution < -0.4 is 4.90 Å². The molecule has 1 amide bonds. The van der Waals surface area contributed by atoms with Gasteiger partial charge in [0.05, 0.1) is 0 Å². The normalized spacial score (nSPS) is 17.7. The number of amides is 1. The first-order valence-corrected chi connectivity index (χ1v) is 5.74. The van der Waals surface area contributed by atoms with E-state index in [-0.39, 0.29) is 13.0 Å². The van der Waals surface area contributed by atoms with Gasteiger partial charge in [0.25, 0.3) is 0 Å². The molecule has 0 fully saturated rings. The van der Waals surface area contributed by atoms with Gasteiger partial charge in [-0.2, -0.15) is 0 Å². The second kappa shape index (κ2) is 5.09. The maximum absolute atomic E-state index is 12.0. The summed E-state index contributed by atoms with van der Waals surface area (Å²) in [7, 11) is 1.60. The Morgan fingerprint density at radius 2 is 2.37 bits per heavy atom. The number of aromatic nitrogens is 3.